The van der Waals surface area contributed by atoms with Crippen LogP contribution in [0.4, 0.5) is 5.69 Å². The normalized spacial score (nSPS) is 29.2. The van der Waals surface area contributed by atoms with Crippen LogP contribution in [0.25, 0.3) is 0 Å². The van der Waals surface area contributed by atoms with E-state index < -0.39 is 0 Å². The van der Waals surface area contributed by atoms with Crippen molar-refractivity contribution in [2.75, 3.05) is 18.9 Å². The lowest BCUT2D eigenvalue weighted by Gasteiger charge is -2.40. The molecule has 0 spiro atoms. The molecule has 1 saturated heterocycles. The number of anilines is 1. The molecule has 0 radical (unpaired) electrons. The molecule has 1 N–H and O–H groups in total. The van der Waals surface area contributed by atoms with Crippen molar-refractivity contribution in [1.29, 1.82) is 0 Å². The van der Waals surface area contributed by atoms with Crippen molar-refractivity contribution in [2.45, 2.75) is 32.4 Å². The van der Waals surface area contributed by atoms with Crippen molar-refractivity contribution in [2.24, 2.45) is 13.0 Å². The van der Waals surface area contributed by atoms with Crippen molar-refractivity contribution in [3.8, 4) is 0 Å². The Kier molecular flexibility index (Phi) is 3.76. The summed E-state index contributed by atoms with van der Waals surface area (Å²) in [6, 6.07) is 4.57. The van der Waals surface area contributed by atoms with Crippen LogP contribution in [-0.4, -0.2) is 35.1 Å². The minimum Gasteiger partial charge on any atom is -0.381 e. The molecule has 0 saturated carbocycles. The average Bonchev–Trinajstić information content (AvgIpc) is 2.31. The van der Waals surface area contributed by atoms with Crippen LogP contribution in [0.1, 0.15) is 20.3 Å². The number of piperidine rings is 1. The molecular weight excluding hydrogens is 226 g/mol. The second-order valence-electron chi connectivity index (χ2n) is 5.62. The van der Waals surface area contributed by atoms with E-state index in [9.17, 15) is 4.79 Å². The van der Waals surface area contributed by atoms with E-state index in [-0.39, 0.29) is 5.56 Å². The number of likely N-dealkylation sites (tertiary alicyclic amines) is 1. The van der Waals surface area contributed by atoms with Crippen LogP contribution in [0.3, 0.4) is 0 Å². The highest BCUT2D eigenvalue weighted by atomic mass is 16.1. The van der Waals surface area contributed by atoms with Crippen LogP contribution in [0, 0.1) is 5.92 Å². The monoisotopic (exact) mass is 249 g/mol. The van der Waals surface area contributed by atoms with E-state index in [0.717, 1.165) is 18.7 Å². The topological polar surface area (TPSA) is 37.3 Å². The summed E-state index contributed by atoms with van der Waals surface area (Å²) in [5.41, 5.74) is 1.07. The first-order valence-corrected chi connectivity index (χ1v) is 6.61. The molecule has 1 fully saturated rings. The Labute approximate surface area is 109 Å². The summed E-state index contributed by atoms with van der Waals surface area (Å²) in [7, 11) is 3.97. The maximum absolute atomic E-state index is 11.4. The molecule has 0 amide bonds. The second kappa shape index (κ2) is 5.14. The maximum atomic E-state index is 11.4. The van der Waals surface area contributed by atoms with Gasteiger partial charge in [-0.2, -0.15) is 0 Å². The summed E-state index contributed by atoms with van der Waals surface area (Å²) in [5, 5.41) is 3.56. The zero-order valence-corrected chi connectivity index (χ0v) is 11.7. The van der Waals surface area contributed by atoms with Crippen LogP contribution in [-0.2, 0) is 7.05 Å². The highest BCUT2D eigenvalue weighted by Gasteiger charge is 2.28. The molecule has 1 aromatic heterocycles. The number of nitrogens with zero attached hydrogens (tertiary/aromatic N) is 2. The Bertz CT molecular complexity index is 468. The van der Waals surface area contributed by atoms with E-state index in [0.29, 0.717) is 18.0 Å². The first-order valence-electron chi connectivity index (χ1n) is 6.61. The standard InChI is InChI=1S/C14H23N3O/c1-10-8-16(3)11(2)7-13(10)15-12-5-6-14(18)17(4)9-12/h5-6,9-11,13,15H,7-8H2,1-4H3. The zero-order chi connectivity index (χ0) is 13.3. The number of nitrogens with one attached hydrogen (secondary N) is 1. The van der Waals surface area contributed by atoms with Crippen LogP contribution < -0.4 is 10.9 Å². The van der Waals surface area contributed by atoms with Gasteiger partial charge in [0, 0.05) is 37.9 Å². The van der Waals surface area contributed by atoms with Gasteiger partial charge in [-0.15, -0.1) is 0 Å². The summed E-state index contributed by atoms with van der Waals surface area (Å²) in [6.07, 6.45) is 3.01. The molecular formula is C14H23N3O. The summed E-state index contributed by atoms with van der Waals surface area (Å²) in [4.78, 5) is 13.8. The van der Waals surface area contributed by atoms with E-state index >= 15 is 0 Å². The minimum absolute atomic E-state index is 0.0327. The summed E-state index contributed by atoms with van der Waals surface area (Å²) >= 11 is 0. The van der Waals surface area contributed by atoms with Crippen molar-refractivity contribution >= 4 is 5.69 Å². The molecule has 3 unspecified atom stereocenters. The molecule has 1 aromatic rings. The van der Waals surface area contributed by atoms with Crippen molar-refractivity contribution in [3.63, 3.8) is 0 Å². The molecule has 0 aromatic carbocycles. The van der Waals surface area contributed by atoms with E-state index in [2.05, 4.69) is 31.1 Å². The van der Waals surface area contributed by atoms with Crippen molar-refractivity contribution in [1.82, 2.24) is 9.47 Å². The zero-order valence-electron chi connectivity index (χ0n) is 11.7. The number of hydrogen-bond donors (Lipinski definition) is 1. The number of pyridine rings is 1. The van der Waals surface area contributed by atoms with Gasteiger partial charge in [0.1, 0.15) is 0 Å². The van der Waals surface area contributed by atoms with E-state index in [1.807, 2.05) is 12.3 Å². The van der Waals surface area contributed by atoms with E-state index in [4.69, 9.17) is 0 Å². The third kappa shape index (κ3) is 2.75. The quantitative estimate of drug-likeness (QED) is 0.863. The lowest BCUT2D eigenvalue weighted by atomic mass is 9.90. The van der Waals surface area contributed by atoms with E-state index in [1.54, 1.807) is 17.7 Å². The fraction of sp³-hybridized carbons (Fsp3) is 0.643. The predicted octanol–water partition coefficient (Wildman–Crippen LogP) is 1.53. The van der Waals surface area contributed by atoms with E-state index in [1.165, 1.54) is 0 Å². The average molecular weight is 249 g/mol. The highest BCUT2D eigenvalue weighted by molar-refractivity contribution is 5.41. The predicted molar refractivity (Wildman–Crippen MR) is 75.0 cm³/mol. The fourth-order valence-electron chi connectivity index (χ4n) is 2.64. The highest BCUT2D eigenvalue weighted by Crippen LogP contribution is 2.23. The SMILES string of the molecule is CC1CN(C)C(C)CC1Nc1ccc(=O)n(C)c1. The molecule has 100 valence electrons. The Balaban J connectivity index is 2.08. The smallest absolute Gasteiger partial charge is 0.250 e. The first kappa shape index (κ1) is 13.1. The third-order valence-corrected chi connectivity index (χ3v) is 4.05. The Morgan fingerprint density at radius 2 is 2.00 bits per heavy atom. The number of rotatable bonds is 2. The molecule has 4 nitrogen and oxygen atoms in total. The summed E-state index contributed by atoms with van der Waals surface area (Å²) < 4.78 is 1.62. The van der Waals surface area contributed by atoms with Gasteiger partial charge in [0.25, 0.3) is 0 Å². The Morgan fingerprint density at radius 3 is 2.67 bits per heavy atom. The molecule has 0 aliphatic carbocycles. The van der Waals surface area contributed by atoms with Gasteiger partial charge in [0.15, 0.2) is 0 Å². The Morgan fingerprint density at radius 1 is 1.28 bits per heavy atom. The van der Waals surface area contributed by atoms with Gasteiger partial charge in [-0.1, -0.05) is 6.92 Å². The number of aromatic nitrogens is 1. The number of hydrogen-bond acceptors (Lipinski definition) is 3. The molecule has 1 aliphatic heterocycles. The molecule has 4 heteroatoms. The largest absolute Gasteiger partial charge is 0.381 e. The fourth-order valence-corrected chi connectivity index (χ4v) is 2.64. The van der Waals surface area contributed by atoms with Crippen LogP contribution in [0.15, 0.2) is 23.1 Å². The molecule has 0 bridgehead atoms. The lowest BCUT2D eigenvalue weighted by molar-refractivity contribution is 0.145. The van der Waals surface area contributed by atoms with Crippen LogP contribution in [0.2, 0.25) is 0 Å². The van der Waals surface area contributed by atoms with Gasteiger partial charge in [0.05, 0.1) is 5.69 Å². The first-order chi connectivity index (χ1) is 8.47. The molecule has 1 aliphatic rings. The summed E-state index contributed by atoms with van der Waals surface area (Å²) in [5.74, 6) is 0.614. The second-order valence-corrected chi connectivity index (χ2v) is 5.62. The van der Waals surface area contributed by atoms with Gasteiger partial charge in [-0.3, -0.25) is 4.79 Å². The van der Waals surface area contributed by atoms with Crippen molar-refractivity contribution in [3.05, 3.63) is 28.7 Å². The minimum atomic E-state index is 0.0327. The maximum Gasteiger partial charge on any atom is 0.250 e. The molecule has 2 heterocycles. The van der Waals surface area contributed by atoms with Gasteiger partial charge < -0.3 is 14.8 Å². The van der Waals surface area contributed by atoms with Gasteiger partial charge in [0.2, 0.25) is 5.56 Å². The Hall–Kier alpha value is -1.29. The van der Waals surface area contributed by atoms with Gasteiger partial charge in [-0.05, 0) is 32.4 Å². The van der Waals surface area contributed by atoms with Crippen molar-refractivity contribution < 1.29 is 0 Å². The summed E-state index contributed by atoms with van der Waals surface area (Å²) in [6.45, 7) is 5.66. The van der Waals surface area contributed by atoms with Gasteiger partial charge in [-0.25, -0.2) is 0 Å². The molecule has 2 rings (SSSR count). The van der Waals surface area contributed by atoms with Gasteiger partial charge >= 0.3 is 0 Å². The van der Waals surface area contributed by atoms with Crippen LogP contribution >= 0.6 is 0 Å². The third-order valence-electron chi connectivity index (χ3n) is 4.05. The molecule has 18 heavy (non-hydrogen) atoms. The lowest BCUT2D eigenvalue weighted by Crippen LogP contribution is -2.48. The number of aryl methyl sites for hydroxylation is 1. The molecule has 3 atom stereocenters. The van der Waals surface area contributed by atoms with Crippen LogP contribution in [0.5, 0.6) is 0 Å².